The summed E-state index contributed by atoms with van der Waals surface area (Å²) in [6, 6.07) is 4.52. The molecule has 1 aliphatic heterocycles. The van der Waals surface area contributed by atoms with Crippen molar-refractivity contribution in [3.05, 3.63) is 35.5 Å². The molecule has 0 spiro atoms. The van der Waals surface area contributed by atoms with Crippen molar-refractivity contribution >= 4 is 29.1 Å². The fourth-order valence-corrected chi connectivity index (χ4v) is 3.63. The number of hydrogen-bond donors (Lipinski definition) is 0. The van der Waals surface area contributed by atoms with E-state index in [9.17, 15) is 14.0 Å². The summed E-state index contributed by atoms with van der Waals surface area (Å²) < 4.78 is 19.9. The first-order valence-corrected chi connectivity index (χ1v) is 10.4. The Morgan fingerprint density at radius 2 is 1.86 bits per heavy atom. The van der Waals surface area contributed by atoms with E-state index in [-0.39, 0.29) is 22.9 Å². The fourth-order valence-electron chi connectivity index (χ4n) is 2.97. The summed E-state index contributed by atoms with van der Waals surface area (Å²) in [5.74, 6) is 0.155. The van der Waals surface area contributed by atoms with Gasteiger partial charge in [-0.1, -0.05) is 32.5 Å². The van der Waals surface area contributed by atoms with Crippen LogP contribution in [0.5, 0.6) is 0 Å². The van der Waals surface area contributed by atoms with Crippen LogP contribution in [0.15, 0.2) is 27.8 Å². The van der Waals surface area contributed by atoms with Gasteiger partial charge in [-0.3, -0.25) is 9.59 Å². The van der Waals surface area contributed by atoms with Crippen molar-refractivity contribution in [2.75, 3.05) is 36.8 Å². The van der Waals surface area contributed by atoms with Crippen molar-refractivity contribution in [3.63, 3.8) is 0 Å². The van der Waals surface area contributed by atoms with Gasteiger partial charge in [-0.25, -0.2) is 4.39 Å². The minimum atomic E-state index is -0.418. The molecule has 1 fully saturated rings. The van der Waals surface area contributed by atoms with Crippen LogP contribution < -0.4 is 4.90 Å². The number of nitrogens with zero attached hydrogens (tertiary/aromatic N) is 4. The molecule has 1 amide bonds. The molecule has 3 rings (SSSR count). The summed E-state index contributed by atoms with van der Waals surface area (Å²) in [6.07, 6.45) is 0. The molecule has 0 N–H and O–H groups in total. The molecular weight excluding hydrogens is 395 g/mol. The van der Waals surface area contributed by atoms with Gasteiger partial charge in [-0.2, -0.15) is 0 Å². The normalized spacial score (nSPS) is 14.9. The van der Waals surface area contributed by atoms with Gasteiger partial charge in [-0.05, 0) is 25.1 Å². The zero-order valence-corrected chi connectivity index (χ0v) is 17.9. The molecule has 1 aromatic heterocycles. The van der Waals surface area contributed by atoms with E-state index < -0.39 is 5.82 Å². The molecule has 0 unspecified atom stereocenters. The van der Waals surface area contributed by atoms with Crippen LogP contribution in [0.3, 0.4) is 0 Å². The van der Waals surface area contributed by atoms with Gasteiger partial charge < -0.3 is 14.2 Å². The third kappa shape index (κ3) is 5.14. The lowest BCUT2D eigenvalue weighted by Gasteiger charge is -2.36. The summed E-state index contributed by atoms with van der Waals surface area (Å²) in [5.41, 5.74) is 0.578. The first-order valence-electron chi connectivity index (χ1n) is 9.45. The minimum Gasteiger partial charge on any atom is -0.415 e. The number of thioether (sulfide) groups is 1. The van der Waals surface area contributed by atoms with E-state index in [2.05, 4.69) is 10.2 Å². The number of ketones is 1. The van der Waals surface area contributed by atoms with Gasteiger partial charge in [0.1, 0.15) is 5.82 Å². The first kappa shape index (κ1) is 21.3. The molecule has 0 aliphatic carbocycles. The molecule has 2 aromatic rings. The van der Waals surface area contributed by atoms with E-state index in [4.69, 9.17) is 4.42 Å². The van der Waals surface area contributed by atoms with Crippen LogP contribution >= 0.6 is 11.8 Å². The Morgan fingerprint density at radius 1 is 1.17 bits per heavy atom. The third-order valence-corrected chi connectivity index (χ3v) is 5.50. The van der Waals surface area contributed by atoms with Crippen molar-refractivity contribution in [3.8, 4) is 0 Å². The number of rotatable bonds is 5. The van der Waals surface area contributed by atoms with Crippen LogP contribution in [0, 0.1) is 5.82 Å². The van der Waals surface area contributed by atoms with Crippen molar-refractivity contribution in [2.24, 2.45) is 0 Å². The van der Waals surface area contributed by atoms with Gasteiger partial charge in [0, 0.05) is 37.2 Å². The van der Waals surface area contributed by atoms with Gasteiger partial charge >= 0.3 is 0 Å². The van der Waals surface area contributed by atoms with E-state index in [1.165, 1.54) is 24.8 Å². The molecule has 1 saturated heterocycles. The SMILES string of the molecule is CC(=O)c1ccc(N2CCN(C(=O)CSc3nnc(C(C)(C)C)o3)CC2)c(F)c1. The number of benzene rings is 1. The van der Waals surface area contributed by atoms with Gasteiger partial charge in [0.2, 0.25) is 11.8 Å². The van der Waals surface area contributed by atoms with Gasteiger partial charge in [0.05, 0.1) is 11.4 Å². The molecule has 9 heteroatoms. The second-order valence-corrected chi connectivity index (χ2v) is 8.93. The highest BCUT2D eigenvalue weighted by Gasteiger charge is 2.25. The summed E-state index contributed by atoms with van der Waals surface area (Å²) >= 11 is 1.23. The zero-order chi connectivity index (χ0) is 21.2. The van der Waals surface area contributed by atoms with Crippen molar-refractivity contribution in [1.82, 2.24) is 15.1 Å². The number of carbonyl (C=O) groups excluding carboxylic acids is 2. The number of carbonyl (C=O) groups is 2. The monoisotopic (exact) mass is 420 g/mol. The average molecular weight is 421 g/mol. The topological polar surface area (TPSA) is 79.5 Å². The molecule has 1 aliphatic rings. The van der Waals surface area contributed by atoms with Crippen molar-refractivity contribution in [2.45, 2.75) is 38.3 Å². The van der Waals surface area contributed by atoms with Crippen LogP contribution in [0.1, 0.15) is 43.9 Å². The molecule has 0 saturated carbocycles. The summed E-state index contributed by atoms with van der Waals surface area (Å²) in [4.78, 5) is 27.5. The maximum Gasteiger partial charge on any atom is 0.277 e. The second kappa shape index (κ2) is 8.52. The molecule has 2 heterocycles. The zero-order valence-electron chi connectivity index (χ0n) is 17.1. The number of halogens is 1. The lowest BCUT2D eigenvalue weighted by molar-refractivity contribution is -0.128. The molecule has 1 aromatic carbocycles. The third-order valence-electron chi connectivity index (χ3n) is 4.69. The van der Waals surface area contributed by atoms with Gasteiger partial charge in [-0.15, -0.1) is 10.2 Å². The fraction of sp³-hybridized carbons (Fsp3) is 0.500. The quantitative estimate of drug-likeness (QED) is 0.543. The number of hydrogen-bond acceptors (Lipinski definition) is 7. The van der Waals surface area contributed by atoms with E-state index in [1.807, 2.05) is 25.7 Å². The Kier molecular flexibility index (Phi) is 6.26. The number of anilines is 1. The largest absolute Gasteiger partial charge is 0.415 e. The number of amides is 1. The van der Waals surface area contributed by atoms with Gasteiger partial charge in [0.15, 0.2) is 5.78 Å². The number of piperazine rings is 1. The van der Waals surface area contributed by atoms with Crippen molar-refractivity contribution < 1.29 is 18.4 Å². The van der Waals surface area contributed by atoms with E-state index in [0.717, 1.165) is 0 Å². The molecule has 0 bridgehead atoms. The Labute approximate surface area is 173 Å². The highest BCUT2D eigenvalue weighted by atomic mass is 32.2. The summed E-state index contributed by atoms with van der Waals surface area (Å²) in [5, 5.41) is 8.39. The number of Topliss-reactive ketones (excluding diaryl/α,β-unsaturated/α-hetero) is 1. The predicted molar refractivity (Wildman–Crippen MR) is 109 cm³/mol. The Bertz CT molecular complexity index is 901. The smallest absolute Gasteiger partial charge is 0.277 e. The highest BCUT2D eigenvalue weighted by molar-refractivity contribution is 7.99. The van der Waals surface area contributed by atoms with Gasteiger partial charge in [0.25, 0.3) is 5.22 Å². The van der Waals surface area contributed by atoms with E-state index in [1.54, 1.807) is 17.0 Å². The summed E-state index contributed by atoms with van der Waals surface area (Å²) in [6.45, 7) is 9.43. The van der Waals surface area contributed by atoms with Crippen LogP contribution in [0.25, 0.3) is 0 Å². The standard InChI is InChI=1S/C20H25FN4O3S/c1-13(26)14-5-6-16(15(21)11-14)24-7-9-25(10-8-24)17(27)12-29-19-23-22-18(28-19)20(2,3)4/h5-6,11H,7-10,12H2,1-4H3. The first-order chi connectivity index (χ1) is 13.6. The molecule has 0 radical (unpaired) electrons. The molecular formula is C20H25FN4O3S. The Hall–Kier alpha value is -2.42. The molecule has 7 nitrogen and oxygen atoms in total. The highest BCUT2D eigenvalue weighted by Crippen LogP contribution is 2.25. The predicted octanol–water partition coefficient (Wildman–Crippen LogP) is 3.15. The Balaban J connectivity index is 1.52. The maximum absolute atomic E-state index is 14.3. The minimum absolute atomic E-state index is 0.0161. The maximum atomic E-state index is 14.3. The lowest BCUT2D eigenvalue weighted by Crippen LogP contribution is -2.49. The lowest BCUT2D eigenvalue weighted by atomic mass is 9.97. The van der Waals surface area contributed by atoms with Crippen LogP contribution in [-0.4, -0.2) is 58.7 Å². The Morgan fingerprint density at radius 3 is 2.41 bits per heavy atom. The van der Waals surface area contributed by atoms with Crippen molar-refractivity contribution in [1.29, 1.82) is 0 Å². The van der Waals surface area contributed by atoms with E-state index >= 15 is 0 Å². The van der Waals surface area contributed by atoms with Crippen LogP contribution in [0.4, 0.5) is 10.1 Å². The summed E-state index contributed by atoms with van der Waals surface area (Å²) in [7, 11) is 0. The molecule has 156 valence electrons. The van der Waals surface area contributed by atoms with E-state index in [0.29, 0.717) is 48.5 Å². The van der Waals surface area contributed by atoms with Crippen LogP contribution in [0.2, 0.25) is 0 Å². The molecule has 0 atom stereocenters. The van der Waals surface area contributed by atoms with Crippen LogP contribution in [-0.2, 0) is 10.2 Å². The average Bonchev–Trinajstić information content (AvgIpc) is 3.16. The second-order valence-electron chi connectivity index (χ2n) is 8.00. The number of aromatic nitrogens is 2. The molecule has 29 heavy (non-hydrogen) atoms.